The molecule has 3 heterocycles. The molecule has 0 radical (unpaired) electrons. The zero-order valence-corrected chi connectivity index (χ0v) is 24.8. The van der Waals surface area contributed by atoms with Crippen molar-refractivity contribution in [1.82, 2.24) is 19.5 Å². The molecule has 3 aromatic carbocycles. The molecule has 6 rings (SSSR count). The Balaban J connectivity index is 1.10. The number of pyridine rings is 1. The Kier molecular flexibility index (Phi) is 7.91. The summed E-state index contributed by atoms with van der Waals surface area (Å²) in [5.74, 6) is -0.403. The summed E-state index contributed by atoms with van der Waals surface area (Å²) in [5, 5.41) is 3.64. The molecule has 2 saturated heterocycles. The van der Waals surface area contributed by atoms with E-state index in [2.05, 4.69) is 10.3 Å². The van der Waals surface area contributed by atoms with Gasteiger partial charge in [0.1, 0.15) is 5.82 Å². The third-order valence-electron chi connectivity index (χ3n) is 7.93. The highest BCUT2D eigenvalue weighted by molar-refractivity contribution is 7.89. The minimum atomic E-state index is -3.49. The van der Waals surface area contributed by atoms with Gasteiger partial charge in [0.2, 0.25) is 10.0 Å². The first kappa shape index (κ1) is 28.9. The van der Waals surface area contributed by atoms with Crippen LogP contribution in [-0.2, 0) is 10.0 Å². The van der Waals surface area contributed by atoms with Crippen molar-refractivity contribution >= 4 is 39.3 Å². The summed E-state index contributed by atoms with van der Waals surface area (Å²) in [6.07, 6.45) is 3.03. The molecule has 2 aliphatic rings. The lowest BCUT2D eigenvalue weighted by Crippen LogP contribution is -2.41. The van der Waals surface area contributed by atoms with Crippen LogP contribution in [0.25, 0.3) is 22.3 Å². The van der Waals surface area contributed by atoms with Gasteiger partial charge in [0.15, 0.2) is 0 Å². The fourth-order valence-electron chi connectivity index (χ4n) is 5.31. The largest absolute Gasteiger partial charge is 0.383 e. The Morgan fingerprint density at radius 1 is 0.907 bits per heavy atom. The van der Waals surface area contributed by atoms with Crippen molar-refractivity contribution in [2.24, 2.45) is 0 Å². The van der Waals surface area contributed by atoms with Crippen LogP contribution in [-0.4, -0.2) is 66.6 Å². The molecule has 2 fully saturated rings. The van der Waals surface area contributed by atoms with Crippen molar-refractivity contribution in [2.75, 3.05) is 31.9 Å². The van der Waals surface area contributed by atoms with Crippen molar-refractivity contribution in [3.63, 3.8) is 0 Å². The van der Waals surface area contributed by atoms with Gasteiger partial charge in [-0.25, -0.2) is 13.4 Å². The Morgan fingerprint density at radius 3 is 2.28 bits per heavy atom. The lowest BCUT2D eigenvalue weighted by atomic mass is 10.0. The highest BCUT2D eigenvalue weighted by atomic mass is 35.5. The number of hydrogen-bond acceptors (Lipinski definition) is 6. The maximum absolute atomic E-state index is 13.2. The van der Waals surface area contributed by atoms with Crippen LogP contribution in [0.4, 0.5) is 5.82 Å². The van der Waals surface area contributed by atoms with E-state index < -0.39 is 10.0 Å². The number of nitrogens with two attached hydrogens (primary N) is 1. The van der Waals surface area contributed by atoms with E-state index in [1.54, 1.807) is 53.6 Å². The number of halogens is 1. The quantitative estimate of drug-likeness (QED) is 0.311. The summed E-state index contributed by atoms with van der Waals surface area (Å²) >= 11 is 6.31. The van der Waals surface area contributed by atoms with Crippen LogP contribution in [0.2, 0.25) is 5.02 Å². The van der Waals surface area contributed by atoms with Gasteiger partial charge >= 0.3 is 0 Å². The molecule has 3 N–H and O–H groups in total. The number of nitrogen functional groups attached to an aromatic ring is 1. The number of likely N-dealkylation sites (tertiary alicyclic amines) is 1. The van der Waals surface area contributed by atoms with Gasteiger partial charge < -0.3 is 16.0 Å². The van der Waals surface area contributed by atoms with Gasteiger partial charge in [0.05, 0.1) is 10.5 Å². The molecule has 4 aromatic rings. The SMILES string of the molecule is Nc1ncc(-c2ccc(S(=O)(=O)N3CCC3)cc2)cc1C(=O)N[C@@H]1CCN(C(=O)c2ccc(-c3ccccc3Cl)cc2)C1. The number of aromatic nitrogens is 1. The number of hydrogen-bond donors (Lipinski definition) is 2. The summed E-state index contributed by atoms with van der Waals surface area (Å²) in [5.41, 5.74) is 10.0. The number of carbonyl (C=O) groups excluding carboxylic acids is 2. The molecule has 0 saturated carbocycles. The standard InChI is InChI=1S/C32H30ClN5O4S/c33-29-5-2-1-4-27(29)22-6-8-23(9-7-22)32(40)37-17-14-25(20-37)36-31(39)28-18-24(19-35-30(28)34)21-10-12-26(13-11-21)43(41,42)38-15-3-16-38/h1-2,4-13,18-19,25H,3,14-17,20H2,(H2,34,35)(H,36,39)/t25-/m1/s1. The predicted octanol–water partition coefficient (Wildman–Crippen LogP) is 4.69. The molecule has 9 nitrogen and oxygen atoms in total. The molecule has 0 spiro atoms. The van der Waals surface area contributed by atoms with Gasteiger partial charge in [0, 0.05) is 60.1 Å². The summed E-state index contributed by atoms with van der Waals surface area (Å²) in [4.78, 5) is 32.6. The van der Waals surface area contributed by atoms with E-state index in [1.807, 2.05) is 36.4 Å². The van der Waals surface area contributed by atoms with Crippen molar-refractivity contribution < 1.29 is 18.0 Å². The number of nitrogens with zero attached hydrogens (tertiary/aromatic N) is 3. The van der Waals surface area contributed by atoms with E-state index in [4.69, 9.17) is 17.3 Å². The topological polar surface area (TPSA) is 126 Å². The van der Waals surface area contributed by atoms with Gasteiger partial charge in [-0.05, 0) is 60.4 Å². The molecule has 0 unspecified atom stereocenters. The summed E-state index contributed by atoms with van der Waals surface area (Å²) < 4.78 is 26.8. The minimum Gasteiger partial charge on any atom is -0.383 e. The van der Waals surface area contributed by atoms with Crippen LogP contribution in [0.1, 0.15) is 33.6 Å². The molecule has 1 aromatic heterocycles. The van der Waals surface area contributed by atoms with Crippen LogP contribution in [0, 0.1) is 0 Å². The Bertz CT molecular complexity index is 1790. The minimum absolute atomic E-state index is 0.0859. The van der Waals surface area contributed by atoms with Gasteiger partial charge in [-0.1, -0.05) is 54.1 Å². The number of rotatable bonds is 7. The van der Waals surface area contributed by atoms with Crippen molar-refractivity contribution in [3.05, 3.63) is 101 Å². The van der Waals surface area contributed by atoms with Gasteiger partial charge in [0.25, 0.3) is 11.8 Å². The molecule has 2 amide bonds. The second-order valence-corrected chi connectivity index (χ2v) is 13.1. The van der Waals surface area contributed by atoms with E-state index in [-0.39, 0.29) is 34.1 Å². The summed E-state index contributed by atoms with van der Waals surface area (Å²) in [6, 6.07) is 22.8. The van der Waals surface area contributed by atoms with Crippen LogP contribution < -0.4 is 11.1 Å². The Hall–Kier alpha value is -4.25. The van der Waals surface area contributed by atoms with E-state index in [1.165, 1.54) is 4.31 Å². The van der Waals surface area contributed by atoms with Gasteiger partial charge in [-0.3, -0.25) is 9.59 Å². The van der Waals surface area contributed by atoms with Gasteiger partial charge in [-0.2, -0.15) is 4.31 Å². The van der Waals surface area contributed by atoms with Crippen molar-refractivity contribution in [1.29, 1.82) is 0 Å². The molecule has 220 valence electrons. The smallest absolute Gasteiger partial charge is 0.255 e. The first-order valence-electron chi connectivity index (χ1n) is 14.0. The van der Waals surface area contributed by atoms with E-state index in [0.29, 0.717) is 54.3 Å². The number of benzene rings is 3. The van der Waals surface area contributed by atoms with Gasteiger partial charge in [-0.15, -0.1) is 0 Å². The number of sulfonamides is 1. The molecule has 2 aliphatic heterocycles. The Labute approximate surface area is 255 Å². The lowest BCUT2D eigenvalue weighted by Gasteiger charge is -2.29. The number of nitrogens with one attached hydrogen (secondary N) is 1. The molecule has 1 atom stereocenters. The Morgan fingerprint density at radius 2 is 1.60 bits per heavy atom. The summed E-state index contributed by atoms with van der Waals surface area (Å²) in [6.45, 7) is 1.96. The average molecular weight is 616 g/mol. The van der Waals surface area contributed by atoms with Crippen LogP contribution >= 0.6 is 11.6 Å². The molecule has 43 heavy (non-hydrogen) atoms. The predicted molar refractivity (Wildman–Crippen MR) is 166 cm³/mol. The second-order valence-electron chi connectivity index (χ2n) is 10.7. The molecular weight excluding hydrogens is 586 g/mol. The third-order valence-corrected chi connectivity index (χ3v) is 10.2. The monoisotopic (exact) mass is 615 g/mol. The highest BCUT2D eigenvalue weighted by Gasteiger charge is 2.30. The zero-order chi connectivity index (χ0) is 30.1. The second kappa shape index (κ2) is 11.8. The molecule has 0 bridgehead atoms. The average Bonchev–Trinajstić information content (AvgIpc) is 3.45. The summed E-state index contributed by atoms with van der Waals surface area (Å²) in [7, 11) is -3.49. The molecular formula is C32H30ClN5O4S. The van der Waals surface area contributed by atoms with E-state index >= 15 is 0 Å². The zero-order valence-electron chi connectivity index (χ0n) is 23.2. The highest BCUT2D eigenvalue weighted by Crippen LogP contribution is 2.29. The fraction of sp³-hybridized carbons (Fsp3) is 0.219. The normalized spacial score (nSPS) is 17.0. The first-order chi connectivity index (χ1) is 20.7. The fourth-order valence-corrected chi connectivity index (χ4v) is 7.07. The number of amides is 2. The number of carbonyl (C=O) groups is 2. The lowest BCUT2D eigenvalue weighted by molar-refractivity contribution is 0.0783. The maximum atomic E-state index is 13.2. The molecule has 11 heteroatoms. The van der Waals surface area contributed by atoms with Crippen LogP contribution in [0.3, 0.4) is 0 Å². The van der Waals surface area contributed by atoms with Crippen molar-refractivity contribution in [2.45, 2.75) is 23.8 Å². The third kappa shape index (κ3) is 5.86. The van der Waals surface area contributed by atoms with Crippen molar-refractivity contribution in [3.8, 4) is 22.3 Å². The van der Waals surface area contributed by atoms with Crippen LogP contribution in [0.5, 0.6) is 0 Å². The molecule has 0 aliphatic carbocycles. The van der Waals surface area contributed by atoms with Crippen LogP contribution in [0.15, 0.2) is 90.0 Å². The maximum Gasteiger partial charge on any atom is 0.255 e. The first-order valence-corrected chi connectivity index (χ1v) is 15.8. The van der Waals surface area contributed by atoms with E-state index in [9.17, 15) is 18.0 Å². The van der Waals surface area contributed by atoms with E-state index in [0.717, 1.165) is 17.5 Å². The number of anilines is 1.